The van der Waals surface area contributed by atoms with Gasteiger partial charge in [0.05, 0.1) is 17.6 Å². The Balaban J connectivity index is 1.84. The lowest BCUT2D eigenvalue weighted by atomic mass is 10.0. The summed E-state index contributed by atoms with van der Waals surface area (Å²) in [6.07, 6.45) is 4.30. The summed E-state index contributed by atoms with van der Waals surface area (Å²) in [7, 11) is 0. The van der Waals surface area contributed by atoms with E-state index in [-0.39, 0.29) is 6.04 Å². The molecule has 0 fully saturated rings. The molecule has 0 aliphatic carbocycles. The van der Waals surface area contributed by atoms with Crippen molar-refractivity contribution in [2.45, 2.75) is 32.4 Å². The van der Waals surface area contributed by atoms with E-state index in [9.17, 15) is 0 Å². The first-order valence-electron chi connectivity index (χ1n) is 7.27. The molecule has 2 heterocycles. The highest BCUT2D eigenvalue weighted by atomic mass is 15.1. The first-order chi connectivity index (χ1) is 9.74. The minimum atomic E-state index is -0.00564. The zero-order chi connectivity index (χ0) is 13.9. The van der Waals surface area contributed by atoms with Crippen molar-refractivity contribution >= 4 is 5.69 Å². The van der Waals surface area contributed by atoms with Crippen molar-refractivity contribution in [3.63, 3.8) is 0 Å². The number of aryl methyl sites for hydroxylation is 1. The predicted octanol–water partition coefficient (Wildman–Crippen LogP) is 3.05. The second kappa shape index (κ2) is 5.63. The lowest BCUT2D eigenvalue weighted by Gasteiger charge is -2.23. The summed E-state index contributed by atoms with van der Waals surface area (Å²) in [5.74, 6) is 0. The van der Waals surface area contributed by atoms with Gasteiger partial charge in [-0.2, -0.15) is 0 Å². The quantitative estimate of drug-likeness (QED) is 0.909. The van der Waals surface area contributed by atoms with Crippen LogP contribution in [0.3, 0.4) is 0 Å². The molecular formula is C17H21N3. The summed E-state index contributed by atoms with van der Waals surface area (Å²) in [5.41, 5.74) is 10.9. The molecule has 1 atom stereocenters. The first kappa shape index (κ1) is 13.1. The fraction of sp³-hybridized carbons (Fsp3) is 0.353. The molecule has 2 aromatic rings. The van der Waals surface area contributed by atoms with Gasteiger partial charge in [0.1, 0.15) is 0 Å². The van der Waals surface area contributed by atoms with Crippen LogP contribution in [0.25, 0.3) is 0 Å². The van der Waals surface area contributed by atoms with E-state index in [1.165, 1.54) is 23.2 Å². The molecule has 0 amide bonds. The normalized spacial score (nSPS) is 16.4. The fourth-order valence-electron chi connectivity index (χ4n) is 2.77. The van der Waals surface area contributed by atoms with Gasteiger partial charge < -0.3 is 10.6 Å². The number of pyridine rings is 1. The van der Waals surface area contributed by atoms with E-state index in [0.717, 1.165) is 25.2 Å². The minimum Gasteiger partial charge on any atom is -0.366 e. The summed E-state index contributed by atoms with van der Waals surface area (Å²) in [5, 5.41) is 0. The molecule has 1 aliphatic heterocycles. The molecule has 2 N–H and O–H groups in total. The highest BCUT2D eigenvalue weighted by Crippen LogP contribution is 2.23. The predicted molar refractivity (Wildman–Crippen MR) is 82.7 cm³/mol. The van der Waals surface area contributed by atoms with Crippen molar-refractivity contribution in [2.75, 3.05) is 11.4 Å². The maximum absolute atomic E-state index is 5.85. The van der Waals surface area contributed by atoms with Crippen molar-refractivity contribution < 1.29 is 0 Å². The molecule has 0 saturated carbocycles. The highest BCUT2D eigenvalue weighted by Gasteiger charge is 2.14. The van der Waals surface area contributed by atoms with Gasteiger partial charge in [-0.1, -0.05) is 24.3 Å². The van der Waals surface area contributed by atoms with Crippen molar-refractivity contribution in [1.82, 2.24) is 4.98 Å². The Morgan fingerprint density at radius 2 is 1.95 bits per heavy atom. The van der Waals surface area contributed by atoms with E-state index in [2.05, 4.69) is 40.2 Å². The zero-order valence-corrected chi connectivity index (χ0v) is 11.9. The van der Waals surface area contributed by atoms with E-state index in [4.69, 9.17) is 5.73 Å². The zero-order valence-electron chi connectivity index (χ0n) is 11.9. The molecule has 3 nitrogen and oxygen atoms in total. The number of hydrogen-bond acceptors (Lipinski definition) is 3. The van der Waals surface area contributed by atoms with Gasteiger partial charge in [0.15, 0.2) is 0 Å². The van der Waals surface area contributed by atoms with Crippen LogP contribution in [0.1, 0.15) is 36.2 Å². The van der Waals surface area contributed by atoms with Crippen LogP contribution in [-0.2, 0) is 13.0 Å². The molecule has 0 unspecified atom stereocenters. The number of hydrogen-bond donors (Lipinski definition) is 1. The maximum atomic E-state index is 5.85. The van der Waals surface area contributed by atoms with Crippen LogP contribution in [0.15, 0.2) is 42.6 Å². The molecule has 1 aromatic heterocycles. The van der Waals surface area contributed by atoms with E-state index >= 15 is 0 Å². The summed E-state index contributed by atoms with van der Waals surface area (Å²) in [6, 6.07) is 12.9. The Labute approximate surface area is 120 Å². The number of benzene rings is 1. The van der Waals surface area contributed by atoms with Crippen LogP contribution >= 0.6 is 0 Å². The fourth-order valence-corrected chi connectivity index (χ4v) is 2.77. The summed E-state index contributed by atoms with van der Waals surface area (Å²) in [4.78, 5) is 6.88. The van der Waals surface area contributed by atoms with Crippen LogP contribution in [0.2, 0.25) is 0 Å². The molecule has 3 heteroatoms. The highest BCUT2D eigenvalue weighted by molar-refractivity contribution is 5.47. The second-order valence-corrected chi connectivity index (χ2v) is 5.52. The van der Waals surface area contributed by atoms with Crippen LogP contribution in [0, 0.1) is 0 Å². The number of aromatic nitrogens is 1. The third-order valence-corrected chi connectivity index (χ3v) is 3.96. The monoisotopic (exact) mass is 267 g/mol. The van der Waals surface area contributed by atoms with Gasteiger partial charge in [-0.15, -0.1) is 0 Å². The van der Waals surface area contributed by atoms with Gasteiger partial charge in [0.25, 0.3) is 0 Å². The summed E-state index contributed by atoms with van der Waals surface area (Å²) in [6.45, 7) is 4.01. The first-order valence-corrected chi connectivity index (χ1v) is 7.27. The smallest absolute Gasteiger partial charge is 0.0569 e. The Bertz CT molecular complexity index is 575. The average Bonchev–Trinajstić information content (AvgIpc) is 2.69. The maximum Gasteiger partial charge on any atom is 0.0569 e. The molecule has 104 valence electrons. The molecule has 3 rings (SSSR count). The van der Waals surface area contributed by atoms with Crippen molar-refractivity contribution in [1.29, 1.82) is 0 Å². The Morgan fingerprint density at radius 1 is 1.15 bits per heavy atom. The third-order valence-electron chi connectivity index (χ3n) is 3.96. The average molecular weight is 267 g/mol. The van der Waals surface area contributed by atoms with Crippen molar-refractivity contribution in [3.05, 3.63) is 59.4 Å². The molecular weight excluding hydrogens is 246 g/mol. The second-order valence-electron chi connectivity index (χ2n) is 5.52. The number of rotatable bonds is 2. The summed E-state index contributed by atoms with van der Waals surface area (Å²) < 4.78 is 0. The Hall–Kier alpha value is -1.87. The molecule has 0 saturated heterocycles. The Morgan fingerprint density at radius 3 is 2.65 bits per heavy atom. The minimum absolute atomic E-state index is 0.00564. The van der Waals surface area contributed by atoms with E-state index in [0.29, 0.717) is 0 Å². The van der Waals surface area contributed by atoms with Crippen LogP contribution < -0.4 is 10.6 Å². The van der Waals surface area contributed by atoms with E-state index in [1.54, 1.807) is 0 Å². The number of nitrogens with two attached hydrogens (primary N) is 1. The SMILES string of the molecule is C[C@H](N)c1ccc(N2CCCc3ccccc3C2)cn1. The lowest BCUT2D eigenvalue weighted by molar-refractivity contribution is 0.754. The van der Waals surface area contributed by atoms with Gasteiger partial charge >= 0.3 is 0 Å². The van der Waals surface area contributed by atoms with Gasteiger partial charge in [0.2, 0.25) is 0 Å². The van der Waals surface area contributed by atoms with Gasteiger partial charge in [-0.05, 0) is 43.0 Å². The molecule has 1 aliphatic rings. The van der Waals surface area contributed by atoms with Crippen LogP contribution in [0.5, 0.6) is 0 Å². The molecule has 0 radical (unpaired) electrons. The van der Waals surface area contributed by atoms with Crippen LogP contribution in [-0.4, -0.2) is 11.5 Å². The molecule has 0 bridgehead atoms. The number of nitrogens with zero attached hydrogens (tertiary/aromatic N) is 2. The molecule has 20 heavy (non-hydrogen) atoms. The molecule has 0 spiro atoms. The van der Waals surface area contributed by atoms with Crippen LogP contribution in [0.4, 0.5) is 5.69 Å². The number of fused-ring (bicyclic) bond motifs is 1. The van der Waals surface area contributed by atoms with Gasteiger partial charge in [-0.3, -0.25) is 4.98 Å². The largest absolute Gasteiger partial charge is 0.366 e. The third kappa shape index (κ3) is 2.68. The standard InChI is InChI=1S/C17H21N3/c1-13(18)17-9-8-16(11-19-17)20-10-4-7-14-5-2-3-6-15(14)12-20/h2-3,5-6,8-9,11,13H,4,7,10,12,18H2,1H3/t13-/m0/s1. The number of anilines is 1. The van der Waals surface area contributed by atoms with Crippen molar-refractivity contribution in [2.24, 2.45) is 5.73 Å². The molecule has 1 aromatic carbocycles. The van der Waals surface area contributed by atoms with Gasteiger partial charge in [0, 0.05) is 19.1 Å². The van der Waals surface area contributed by atoms with Gasteiger partial charge in [-0.25, -0.2) is 0 Å². The lowest BCUT2D eigenvalue weighted by Crippen LogP contribution is -2.22. The summed E-state index contributed by atoms with van der Waals surface area (Å²) >= 11 is 0. The van der Waals surface area contributed by atoms with E-state index in [1.807, 2.05) is 19.2 Å². The topological polar surface area (TPSA) is 42.1 Å². The van der Waals surface area contributed by atoms with Crippen molar-refractivity contribution in [3.8, 4) is 0 Å². The Kier molecular flexibility index (Phi) is 3.70. The van der Waals surface area contributed by atoms with E-state index < -0.39 is 0 Å².